The minimum absolute atomic E-state index is 0.120. The number of thiophene rings is 1. The van der Waals surface area contributed by atoms with Crippen molar-refractivity contribution in [1.29, 1.82) is 0 Å². The zero-order valence-corrected chi connectivity index (χ0v) is 18.3. The Morgan fingerprint density at radius 3 is 2.62 bits per heavy atom. The van der Waals surface area contributed by atoms with Crippen LogP contribution in [0.5, 0.6) is 0 Å². The summed E-state index contributed by atoms with van der Waals surface area (Å²) in [6, 6.07) is 15.5. The summed E-state index contributed by atoms with van der Waals surface area (Å²) in [7, 11) is 0. The lowest BCUT2D eigenvalue weighted by atomic mass is 9.92. The summed E-state index contributed by atoms with van der Waals surface area (Å²) in [5.74, 6) is 0.637. The number of nitrogens with zero attached hydrogens (tertiary/aromatic N) is 2. The van der Waals surface area contributed by atoms with Crippen molar-refractivity contribution in [3.8, 4) is 0 Å². The van der Waals surface area contributed by atoms with E-state index < -0.39 is 0 Å². The van der Waals surface area contributed by atoms with Gasteiger partial charge in [-0.1, -0.05) is 52.3 Å². The Labute approximate surface area is 179 Å². The number of aliphatic hydroxyl groups is 1. The highest BCUT2D eigenvalue weighted by Gasteiger charge is 2.28. The first-order chi connectivity index (χ1) is 14.0. The predicted molar refractivity (Wildman–Crippen MR) is 122 cm³/mol. The van der Waals surface area contributed by atoms with Crippen LogP contribution in [0.1, 0.15) is 33.0 Å². The highest BCUT2D eigenvalue weighted by molar-refractivity contribution is 9.10. The first-order valence-corrected chi connectivity index (χ1v) is 10.8. The van der Waals surface area contributed by atoms with Crippen molar-refractivity contribution in [2.24, 2.45) is 0 Å². The van der Waals surface area contributed by atoms with Gasteiger partial charge in [0.15, 0.2) is 0 Å². The van der Waals surface area contributed by atoms with Crippen molar-refractivity contribution in [3.05, 3.63) is 96.3 Å². The highest BCUT2D eigenvalue weighted by atomic mass is 79.9. The Hall–Kier alpha value is -2.70. The van der Waals surface area contributed by atoms with Gasteiger partial charge >= 0.3 is 0 Å². The monoisotopic (exact) mass is 464 g/mol. The number of benzene rings is 2. The molecule has 0 unspecified atom stereocenters. The summed E-state index contributed by atoms with van der Waals surface area (Å²) in [4.78, 5) is 19.4. The van der Waals surface area contributed by atoms with Crippen LogP contribution in [-0.4, -0.2) is 14.7 Å². The fraction of sp³-hybridized carbons (Fsp3) is 0.130. The van der Waals surface area contributed by atoms with E-state index in [1.54, 1.807) is 11.3 Å². The number of hydrogen-bond acceptors (Lipinski definition) is 4. The van der Waals surface area contributed by atoms with Crippen LogP contribution in [0.2, 0.25) is 0 Å². The molecule has 4 nitrogen and oxygen atoms in total. The molecule has 0 saturated heterocycles. The molecule has 2 aromatic carbocycles. The highest BCUT2D eigenvalue weighted by Crippen LogP contribution is 2.39. The summed E-state index contributed by atoms with van der Waals surface area (Å²) in [6.45, 7) is 4.61. The molecule has 5 rings (SSSR count). The second-order valence-electron chi connectivity index (χ2n) is 7.18. The third-order valence-corrected chi connectivity index (χ3v) is 7.24. The topological polar surface area (TPSA) is 55.1 Å². The van der Waals surface area contributed by atoms with E-state index in [0.717, 1.165) is 30.9 Å². The number of aryl methyl sites for hydroxylation is 2. The van der Waals surface area contributed by atoms with Crippen molar-refractivity contribution >= 4 is 48.8 Å². The molecule has 0 amide bonds. The van der Waals surface area contributed by atoms with Gasteiger partial charge in [0.25, 0.3) is 5.56 Å². The maximum atomic E-state index is 12.9. The SMILES string of the molecule is Cc1sc2c(c1C)c(=O)nc1n2Cc2ccccc2/C1=C(/O)c1ccc(Br)cc1. The van der Waals surface area contributed by atoms with E-state index in [-0.39, 0.29) is 11.3 Å². The summed E-state index contributed by atoms with van der Waals surface area (Å²) in [6.07, 6.45) is 0. The Balaban J connectivity index is 1.90. The van der Waals surface area contributed by atoms with Crippen LogP contribution in [0, 0.1) is 13.8 Å². The Bertz CT molecular complexity index is 1380. The second kappa shape index (κ2) is 6.68. The first-order valence-electron chi connectivity index (χ1n) is 9.24. The third kappa shape index (κ3) is 2.78. The number of aliphatic hydroxyl groups excluding tert-OH is 1. The number of fused-ring (bicyclic) bond motifs is 4. The second-order valence-corrected chi connectivity index (χ2v) is 9.30. The van der Waals surface area contributed by atoms with Crippen LogP contribution in [0.3, 0.4) is 0 Å². The minimum Gasteiger partial charge on any atom is -0.507 e. The Morgan fingerprint density at radius 2 is 1.86 bits per heavy atom. The maximum absolute atomic E-state index is 12.9. The number of rotatable bonds is 1. The van der Waals surface area contributed by atoms with Crippen LogP contribution in [-0.2, 0) is 6.54 Å². The van der Waals surface area contributed by atoms with Crippen LogP contribution >= 0.6 is 27.3 Å². The molecule has 4 aromatic rings. The lowest BCUT2D eigenvalue weighted by molar-refractivity contribution is 0.512. The Kier molecular flexibility index (Phi) is 4.22. The Morgan fingerprint density at radius 1 is 1.14 bits per heavy atom. The largest absolute Gasteiger partial charge is 0.507 e. The van der Waals surface area contributed by atoms with E-state index in [1.165, 1.54) is 0 Å². The zero-order valence-electron chi connectivity index (χ0n) is 15.9. The molecular formula is C23H17BrN2O2S. The smallest absolute Gasteiger partial charge is 0.282 e. The molecule has 0 bridgehead atoms. The number of hydrogen-bond donors (Lipinski definition) is 1. The van der Waals surface area contributed by atoms with E-state index in [0.29, 0.717) is 28.9 Å². The van der Waals surface area contributed by atoms with Crippen molar-refractivity contribution in [1.82, 2.24) is 9.55 Å². The summed E-state index contributed by atoms with van der Waals surface area (Å²) >= 11 is 5.04. The lowest BCUT2D eigenvalue weighted by Gasteiger charge is -2.25. The maximum Gasteiger partial charge on any atom is 0.282 e. The fourth-order valence-electron chi connectivity index (χ4n) is 3.88. The molecule has 1 aliphatic rings. The van der Waals surface area contributed by atoms with Crippen molar-refractivity contribution < 1.29 is 5.11 Å². The molecule has 0 saturated carbocycles. The van der Waals surface area contributed by atoms with Gasteiger partial charge < -0.3 is 9.67 Å². The molecule has 0 atom stereocenters. The lowest BCUT2D eigenvalue weighted by Crippen LogP contribution is -2.23. The molecule has 0 radical (unpaired) electrons. The molecule has 0 fully saturated rings. The van der Waals surface area contributed by atoms with Crippen molar-refractivity contribution in [2.45, 2.75) is 20.4 Å². The van der Waals surface area contributed by atoms with Gasteiger partial charge in [-0.3, -0.25) is 4.79 Å². The molecule has 3 heterocycles. The summed E-state index contributed by atoms with van der Waals surface area (Å²) in [5.41, 5.74) is 4.02. The first kappa shape index (κ1) is 18.3. The van der Waals surface area contributed by atoms with E-state index in [2.05, 4.69) is 31.5 Å². The normalized spacial score (nSPS) is 14.6. The van der Waals surface area contributed by atoms with Gasteiger partial charge in [-0.25, -0.2) is 0 Å². The molecule has 0 spiro atoms. The van der Waals surface area contributed by atoms with E-state index in [1.807, 2.05) is 56.3 Å². The minimum atomic E-state index is -0.242. The van der Waals surface area contributed by atoms with Gasteiger partial charge in [0.05, 0.1) is 17.5 Å². The molecule has 6 heteroatoms. The number of halogens is 1. The average Bonchev–Trinajstić information content (AvgIpc) is 3.02. The van der Waals surface area contributed by atoms with Crippen LogP contribution in [0.4, 0.5) is 0 Å². The summed E-state index contributed by atoms with van der Waals surface area (Å²) in [5, 5.41) is 11.9. The van der Waals surface area contributed by atoms with E-state index in [4.69, 9.17) is 0 Å². The van der Waals surface area contributed by atoms with Crippen LogP contribution in [0.15, 0.2) is 57.8 Å². The zero-order chi connectivity index (χ0) is 20.3. The van der Waals surface area contributed by atoms with Gasteiger partial charge in [0, 0.05) is 14.9 Å². The van der Waals surface area contributed by atoms with Gasteiger partial charge in [-0.2, -0.15) is 4.98 Å². The molecule has 144 valence electrons. The van der Waals surface area contributed by atoms with E-state index >= 15 is 0 Å². The van der Waals surface area contributed by atoms with Crippen molar-refractivity contribution in [2.75, 3.05) is 0 Å². The molecule has 1 N–H and O–H groups in total. The van der Waals surface area contributed by atoms with Crippen molar-refractivity contribution in [3.63, 3.8) is 0 Å². The molecule has 0 aliphatic carbocycles. The molecule has 1 aliphatic heterocycles. The quantitative estimate of drug-likeness (QED) is 0.325. The average molecular weight is 465 g/mol. The van der Waals surface area contributed by atoms with Gasteiger partial charge in [-0.05, 0) is 42.7 Å². The third-order valence-electron chi connectivity index (χ3n) is 5.48. The summed E-state index contributed by atoms with van der Waals surface area (Å²) < 4.78 is 3.00. The fourth-order valence-corrected chi connectivity index (χ4v) is 5.29. The predicted octanol–water partition coefficient (Wildman–Crippen LogP) is 5.67. The standard InChI is InChI=1S/C23H17BrN2O2S/c1-12-13(2)29-23-18(12)22(28)25-21-19(20(27)14-7-9-16(24)10-8-14)17-6-4-3-5-15(17)11-26(21)23/h3-10,27H,11H2,1-2H3/b20-19-. The van der Waals surface area contributed by atoms with Crippen LogP contribution in [0.25, 0.3) is 21.5 Å². The molecule has 29 heavy (non-hydrogen) atoms. The van der Waals surface area contributed by atoms with Gasteiger partial charge in [0.2, 0.25) is 0 Å². The number of aromatic nitrogens is 2. The van der Waals surface area contributed by atoms with Gasteiger partial charge in [0.1, 0.15) is 16.4 Å². The van der Waals surface area contributed by atoms with Crippen LogP contribution < -0.4 is 5.56 Å². The van der Waals surface area contributed by atoms with E-state index in [9.17, 15) is 9.90 Å². The van der Waals surface area contributed by atoms with Gasteiger partial charge in [-0.15, -0.1) is 11.3 Å². The molecule has 2 aromatic heterocycles. The molecular weight excluding hydrogens is 448 g/mol.